The number of halogens is 1. The minimum Gasteiger partial charge on any atom is -0.325 e. The number of carbonyl (C=O) groups is 1. The maximum absolute atomic E-state index is 12.9. The number of benzene rings is 2. The minimum atomic E-state index is -3.52. The first-order chi connectivity index (χ1) is 12.3. The van der Waals surface area contributed by atoms with E-state index in [2.05, 4.69) is 5.32 Å². The summed E-state index contributed by atoms with van der Waals surface area (Å²) in [5, 5.41) is 3.36. The summed E-state index contributed by atoms with van der Waals surface area (Å²) in [6.45, 7) is 3.67. The quantitative estimate of drug-likeness (QED) is 0.867. The first-order valence-corrected chi connectivity index (χ1v) is 10.4. The molecule has 1 N–H and O–H groups in total. The highest BCUT2D eigenvalue weighted by molar-refractivity contribution is 7.89. The van der Waals surface area contributed by atoms with Gasteiger partial charge in [0.1, 0.15) is 6.04 Å². The third kappa shape index (κ3) is 3.77. The maximum atomic E-state index is 12.9. The highest BCUT2D eigenvalue weighted by Crippen LogP contribution is 2.27. The number of sulfonamides is 1. The number of nitrogens with zero attached hydrogens (tertiary/aromatic N) is 1. The fourth-order valence-electron chi connectivity index (χ4n) is 3.08. The van der Waals surface area contributed by atoms with Gasteiger partial charge in [-0.3, -0.25) is 4.79 Å². The monoisotopic (exact) mass is 392 g/mol. The van der Waals surface area contributed by atoms with Crippen molar-refractivity contribution in [3.05, 3.63) is 64.2 Å². The third-order valence-electron chi connectivity index (χ3n) is 4.67. The smallest absolute Gasteiger partial charge is 0.243 e. The fraction of sp³-hybridized carbons (Fsp3) is 0.316. The Morgan fingerprint density at radius 2 is 1.92 bits per heavy atom. The summed E-state index contributed by atoms with van der Waals surface area (Å²) in [5.41, 5.74) is 3.40. The van der Waals surface area contributed by atoms with Crippen LogP contribution in [0.4, 0.5) is 5.69 Å². The molecule has 0 saturated heterocycles. The van der Waals surface area contributed by atoms with Crippen molar-refractivity contribution < 1.29 is 13.2 Å². The molecule has 1 aliphatic heterocycles. The van der Waals surface area contributed by atoms with E-state index in [1.54, 1.807) is 19.1 Å². The summed E-state index contributed by atoms with van der Waals surface area (Å²) in [5.74, 6) is -0.397. The highest BCUT2D eigenvalue weighted by atomic mass is 35.5. The zero-order chi connectivity index (χ0) is 18.9. The van der Waals surface area contributed by atoms with Crippen molar-refractivity contribution in [3.8, 4) is 0 Å². The number of hydrogen-bond donors (Lipinski definition) is 1. The van der Waals surface area contributed by atoms with Gasteiger partial charge in [0, 0.05) is 17.3 Å². The van der Waals surface area contributed by atoms with Crippen molar-refractivity contribution in [2.75, 3.05) is 11.1 Å². The van der Waals surface area contributed by atoms with Crippen LogP contribution in [-0.4, -0.2) is 30.4 Å². The molecule has 0 aliphatic carbocycles. The van der Waals surface area contributed by atoms with Gasteiger partial charge >= 0.3 is 0 Å². The summed E-state index contributed by atoms with van der Waals surface area (Å²) >= 11 is 6.12. The third-order valence-corrected chi connectivity index (χ3v) is 6.90. The van der Waals surface area contributed by atoms with Gasteiger partial charge in [-0.25, -0.2) is 8.42 Å². The summed E-state index contributed by atoms with van der Waals surface area (Å²) in [6, 6.07) is 12.1. The second-order valence-corrected chi connectivity index (χ2v) is 9.01. The van der Waals surface area contributed by atoms with Gasteiger partial charge < -0.3 is 5.32 Å². The number of fused-ring (bicyclic) bond motifs is 1. The lowest BCUT2D eigenvalue weighted by molar-refractivity contribution is -0.120. The summed E-state index contributed by atoms with van der Waals surface area (Å²) in [6.07, 6.45) is 0.348. The van der Waals surface area contributed by atoms with Gasteiger partial charge in [0.2, 0.25) is 15.9 Å². The van der Waals surface area contributed by atoms with Crippen LogP contribution in [0.15, 0.2) is 42.5 Å². The molecule has 7 heteroatoms. The van der Waals surface area contributed by atoms with Gasteiger partial charge in [-0.1, -0.05) is 41.9 Å². The highest BCUT2D eigenvalue weighted by Gasteiger charge is 2.37. The lowest BCUT2D eigenvalue weighted by atomic mass is 9.95. The molecule has 26 heavy (non-hydrogen) atoms. The first kappa shape index (κ1) is 18.9. The fourth-order valence-corrected chi connectivity index (χ4v) is 4.48. The molecule has 0 aromatic heterocycles. The Morgan fingerprint density at radius 1 is 1.23 bits per heavy atom. The Balaban J connectivity index is 1.91. The number of carbonyl (C=O) groups excluding carboxylic acids is 1. The van der Waals surface area contributed by atoms with E-state index >= 15 is 0 Å². The number of rotatable bonds is 4. The largest absolute Gasteiger partial charge is 0.325 e. The molecule has 0 bridgehead atoms. The molecule has 0 spiro atoms. The van der Waals surface area contributed by atoms with Crippen molar-refractivity contribution in [2.24, 2.45) is 0 Å². The van der Waals surface area contributed by atoms with Crippen molar-refractivity contribution in [1.82, 2.24) is 4.31 Å². The molecule has 2 aromatic carbocycles. The van der Waals surface area contributed by atoms with Crippen LogP contribution in [0.1, 0.15) is 23.6 Å². The lowest BCUT2D eigenvalue weighted by Crippen LogP contribution is -2.51. The van der Waals surface area contributed by atoms with Gasteiger partial charge in [-0.05, 0) is 49.1 Å². The molecule has 0 unspecified atom stereocenters. The van der Waals surface area contributed by atoms with E-state index in [1.165, 1.54) is 4.31 Å². The number of aryl methyl sites for hydroxylation is 1. The van der Waals surface area contributed by atoms with Gasteiger partial charge in [-0.2, -0.15) is 4.31 Å². The second-order valence-electron chi connectivity index (χ2n) is 6.39. The second kappa shape index (κ2) is 7.39. The minimum absolute atomic E-state index is 0.0463. The van der Waals surface area contributed by atoms with E-state index in [9.17, 15) is 13.2 Å². The summed E-state index contributed by atoms with van der Waals surface area (Å²) in [4.78, 5) is 12.9. The number of anilines is 1. The zero-order valence-corrected chi connectivity index (χ0v) is 16.3. The van der Waals surface area contributed by atoms with Crippen LogP contribution in [0.3, 0.4) is 0 Å². The van der Waals surface area contributed by atoms with Gasteiger partial charge in [0.05, 0.1) is 5.75 Å². The Labute approximate surface area is 159 Å². The SMILES string of the molecule is CCS(=O)(=O)N1Cc2ccccc2C[C@H]1C(=O)Nc1ccc(C)c(Cl)c1. The summed E-state index contributed by atoms with van der Waals surface area (Å²) in [7, 11) is -3.52. The molecule has 5 nitrogen and oxygen atoms in total. The van der Waals surface area contributed by atoms with Crippen molar-refractivity contribution in [3.63, 3.8) is 0 Å². The lowest BCUT2D eigenvalue weighted by Gasteiger charge is -2.34. The van der Waals surface area contributed by atoms with Crippen LogP contribution < -0.4 is 5.32 Å². The van der Waals surface area contributed by atoms with E-state index in [1.807, 2.05) is 37.3 Å². The van der Waals surface area contributed by atoms with Crippen LogP contribution >= 0.6 is 11.6 Å². The molecule has 2 aromatic rings. The normalized spacial score (nSPS) is 17.6. The molecule has 0 fully saturated rings. The van der Waals surface area contributed by atoms with Gasteiger partial charge in [0.15, 0.2) is 0 Å². The average molecular weight is 393 g/mol. The standard InChI is InChI=1S/C19H21ClN2O3S/c1-3-26(24,25)22-12-15-7-5-4-6-14(15)10-18(22)19(23)21-16-9-8-13(2)17(20)11-16/h4-9,11,18H,3,10,12H2,1-2H3,(H,21,23)/t18-/m0/s1. The molecule has 3 rings (SSSR count). The number of hydrogen-bond acceptors (Lipinski definition) is 3. The molecule has 0 saturated carbocycles. The maximum Gasteiger partial charge on any atom is 0.243 e. The van der Waals surface area contributed by atoms with Crippen molar-refractivity contribution in [2.45, 2.75) is 32.9 Å². The van der Waals surface area contributed by atoms with Crippen LogP contribution in [0.25, 0.3) is 0 Å². The molecule has 138 valence electrons. The van der Waals surface area contributed by atoms with Gasteiger partial charge in [0.25, 0.3) is 0 Å². The van der Waals surface area contributed by atoms with Gasteiger partial charge in [-0.15, -0.1) is 0 Å². The van der Waals surface area contributed by atoms with E-state index in [0.717, 1.165) is 16.7 Å². The Hall–Kier alpha value is -1.89. The molecule has 1 aliphatic rings. The average Bonchev–Trinajstić information content (AvgIpc) is 2.63. The van der Waals surface area contributed by atoms with Crippen molar-refractivity contribution >= 4 is 33.2 Å². The molecule has 1 heterocycles. The molecular formula is C19H21ClN2O3S. The Bertz CT molecular complexity index is 944. The predicted molar refractivity (Wildman–Crippen MR) is 104 cm³/mol. The number of nitrogens with one attached hydrogen (secondary N) is 1. The molecular weight excluding hydrogens is 372 g/mol. The predicted octanol–water partition coefficient (Wildman–Crippen LogP) is 3.36. The van der Waals surface area contributed by atoms with Crippen LogP contribution in [0, 0.1) is 6.92 Å². The van der Waals surface area contributed by atoms with Crippen LogP contribution in [0.5, 0.6) is 0 Å². The van der Waals surface area contributed by atoms with Crippen LogP contribution in [0.2, 0.25) is 5.02 Å². The van der Waals surface area contributed by atoms with Crippen molar-refractivity contribution in [1.29, 1.82) is 0 Å². The molecule has 0 radical (unpaired) electrons. The Kier molecular flexibility index (Phi) is 5.37. The molecule has 1 atom stereocenters. The van der Waals surface area contributed by atoms with Crippen LogP contribution in [-0.2, 0) is 27.8 Å². The topological polar surface area (TPSA) is 66.5 Å². The van der Waals surface area contributed by atoms with E-state index in [4.69, 9.17) is 11.6 Å². The van der Waals surface area contributed by atoms with E-state index in [0.29, 0.717) is 17.1 Å². The number of amides is 1. The van der Waals surface area contributed by atoms with E-state index < -0.39 is 16.1 Å². The first-order valence-electron chi connectivity index (χ1n) is 8.45. The van der Waals surface area contributed by atoms with E-state index in [-0.39, 0.29) is 18.2 Å². The molecule has 1 amide bonds. The zero-order valence-electron chi connectivity index (χ0n) is 14.7. The summed E-state index contributed by atoms with van der Waals surface area (Å²) < 4.78 is 26.4. The Morgan fingerprint density at radius 3 is 2.58 bits per heavy atom.